The summed E-state index contributed by atoms with van der Waals surface area (Å²) in [6.45, 7) is 37.6. The first-order valence-corrected chi connectivity index (χ1v) is 21.8. The largest absolute Gasteiger partial charge is 0.507 e. The second-order valence-electron chi connectivity index (χ2n) is 15.8. The molecule has 0 bridgehead atoms. The number of nitrogens with one attached hydrogen (secondary N) is 1. The van der Waals surface area contributed by atoms with E-state index in [4.69, 9.17) is 17.0 Å². The first-order chi connectivity index (χ1) is 21.6. The molecule has 0 aromatic rings. The molecule has 2 heterocycles. The maximum absolute atomic E-state index is 14.7. The Kier molecular flexibility index (Phi) is 16.0. The fourth-order valence-electron chi connectivity index (χ4n) is 8.83. The summed E-state index contributed by atoms with van der Waals surface area (Å²) in [7, 11) is 3.33. The van der Waals surface area contributed by atoms with Crippen molar-refractivity contribution in [2.24, 2.45) is 5.92 Å². The van der Waals surface area contributed by atoms with E-state index in [2.05, 4.69) is 154 Å². The van der Waals surface area contributed by atoms with Crippen LogP contribution in [0.2, 0.25) is 0 Å². The minimum absolute atomic E-state index is 0.170. The van der Waals surface area contributed by atoms with Crippen molar-refractivity contribution < 1.29 is 14.6 Å². The molecular weight excluding hydrogens is 644 g/mol. The van der Waals surface area contributed by atoms with Gasteiger partial charge < -0.3 is 17.0 Å². The molecule has 1 fully saturated rings. The van der Waals surface area contributed by atoms with Gasteiger partial charge in [-0.05, 0) is 131 Å². The van der Waals surface area contributed by atoms with E-state index in [1.165, 1.54) is 0 Å². The average Bonchev–Trinajstić information content (AvgIpc) is 3.55. The summed E-state index contributed by atoms with van der Waals surface area (Å²) in [6, 6.07) is 1.54. The lowest BCUT2D eigenvalue weighted by molar-refractivity contribution is -0.678. The van der Waals surface area contributed by atoms with Crippen molar-refractivity contribution in [2.45, 2.75) is 191 Å². The number of carbonyl (C=O) groups is 1. The van der Waals surface area contributed by atoms with Crippen molar-refractivity contribution in [1.82, 2.24) is 29.0 Å². The number of ether oxygens (including phenoxy) is 1. The molecule has 2 aliphatic rings. The number of esters is 1. The topological polar surface area (TPSA) is 59.7 Å². The summed E-state index contributed by atoms with van der Waals surface area (Å²) in [5.74, 6) is -0.752. The van der Waals surface area contributed by atoms with Crippen molar-refractivity contribution in [1.29, 1.82) is 0 Å². The standard InChI is InChI=1S/C35H73N7O2P2S/c1-18-44-34(43)31-32(46(47,40(27(10)11)28(12)13)41(29(14)15)30(16)17)36-42(33(31)37-21-19-20-22-37)35(45,38(23(2)3)24(4)5)39(25(6)7)26(8)9/h23-31,33H,18-22,45H2,1-17H3/p+1/t31-,33-/m0/s1. The van der Waals surface area contributed by atoms with Crippen LogP contribution in [0.1, 0.15) is 131 Å². The number of hydrogen-bond acceptors (Lipinski definition) is 9. The molecule has 276 valence electrons. The molecule has 1 saturated heterocycles. The predicted molar refractivity (Wildman–Crippen MR) is 208 cm³/mol. The van der Waals surface area contributed by atoms with Gasteiger partial charge in [0.25, 0.3) is 0 Å². The van der Waals surface area contributed by atoms with Crippen LogP contribution in [0.25, 0.3) is 0 Å². The Morgan fingerprint density at radius 3 is 1.45 bits per heavy atom. The number of hydrazine groups is 1. The van der Waals surface area contributed by atoms with Gasteiger partial charge in [-0.1, -0.05) is 14.3 Å². The predicted octanol–water partition coefficient (Wildman–Crippen LogP) is 5.57. The zero-order valence-corrected chi connectivity index (χ0v) is 36.1. The highest BCUT2D eigenvalue weighted by Crippen LogP contribution is 2.69. The van der Waals surface area contributed by atoms with Crippen LogP contribution in [-0.4, -0.2) is 120 Å². The van der Waals surface area contributed by atoms with Gasteiger partial charge in [-0.2, -0.15) is 9.34 Å². The Morgan fingerprint density at radius 1 is 0.787 bits per heavy atom. The van der Waals surface area contributed by atoms with E-state index < -0.39 is 18.2 Å². The van der Waals surface area contributed by atoms with Crippen LogP contribution >= 0.6 is 16.0 Å². The molecule has 1 N–H and O–H groups in total. The molecule has 3 atom stereocenters. The number of hydrazone groups is 1. The lowest BCUT2D eigenvalue weighted by Gasteiger charge is -2.57. The Bertz CT molecular complexity index is 961. The summed E-state index contributed by atoms with van der Waals surface area (Å²) < 4.78 is 11.1. The van der Waals surface area contributed by atoms with Crippen LogP contribution in [0.4, 0.5) is 0 Å². The molecule has 0 amide bonds. The van der Waals surface area contributed by atoms with Crippen molar-refractivity contribution in [3.8, 4) is 0 Å². The Balaban J connectivity index is 3.27. The van der Waals surface area contributed by atoms with Crippen LogP contribution in [0, 0.1) is 5.92 Å². The summed E-state index contributed by atoms with van der Waals surface area (Å²) in [4.78, 5) is 22.4. The van der Waals surface area contributed by atoms with Gasteiger partial charge in [-0.15, -0.1) is 5.01 Å². The van der Waals surface area contributed by atoms with Gasteiger partial charge in [0.15, 0.2) is 6.17 Å². The lowest BCUT2D eigenvalue weighted by atomic mass is 10.1. The minimum atomic E-state index is -2.80. The number of carbonyl (C=O) groups excluding carboxylic acids is 1. The summed E-state index contributed by atoms with van der Waals surface area (Å²) in [5, 5.41) is 6.54. The molecule has 0 radical (unpaired) electrons. The highest BCUT2D eigenvalue weighted by atomic mass is 32.7. The first kappa shape index (κ1) is 43.1. The summed E-state index contributed by atoms with van der Waals surface area (Å²) in [5.41, 5.74) is 0.241. The molecule has 0 aliphatic carbocycles. The zero-order chi connectivity index (χ0) is 36.3. The Morgan fingerprint density at radius 2 is 1.15 bits per heavy atom. The number of hydrogen-bond donors (Lipinski definition) is 1. The van der Waals surface area contributed by atoms with Gasteiger partial charge in [-0.25, -0.2) is 0 Å². The summed E-state index contributed by atoms with van der Waals surface area (Å²) >= 11 is 7.21. The van der Waals surface area contributed by atoms with E-state index in [-0.39, 0.29) is 60.5 Å². The Hall–Kier alpha value is -0.0500. The van der Waals surface area contributed by atoms with E-state index in [1.54, 1.807) is 0 Å². The summed E-state index contributed by atoms with van der Waals surface area (Å²) in [6.07, 6.45) is 1.93. The molecule has 47 heavy (non-hydrogen) atoms. The number of likely N-dealkylation sites (tertiary alicyclic amines) is 1. The third-order valence-corrected chi connectivity index (χ3v) is 16.2. The highest BCUT2D eigenvalue weighted by molar-refractivity contribution is 8.46. The first-order valence-electron chi connectivity index (χ1n) is 18.5. The van der Waals surface area contributed by atoms with Gasteiger partial charge in [0.05, 0.1) is 6.61 Å². The quantitative estimate of drug-likeness (QED) is 0.0902. The van der Waals surface area contributed by atoms with Crippen molar-refractivity contribution in [3.05, 3.63) is 0 Å². The zero-order valence-electron chi connectivity index (χ0n) is 33.2. The van der Waals surface area contributed by atoms with Crippen LogP contribution in [0.15, 0.2) is 0 Å². The molecule has 1 unspecified atom stereocenters. The van der Waals surface area contributed by atoms with E-state index in [1.807, 2.05) is 6.92 Å². The molecule has 0 aromatic carbocycles. The van der Waals surface area contributed by atoms with Crippen molar-refractivity contribution in [2.75, 3.05) is 19.7 Å². The van der Waals surface area contributed by atoms with Crippen LogP contribution < -0.4 is 5.10 Å². The monoisotopic (exact) mass is 719 g/mol. The third kappa shape index (κ3) is 8.54. The van der Waals surface area contributed by atoms with E-state index in [9.17, 15) is 4.79 Å². The molecule has 2 rings (SSSR count). The molecule has 12 heteroatoms. The minimum Gasteiger partial charge on any atom is -0.507 e. The van der Waals surface area contributed by atoms with Gasteiger partial charge in [0.1, 0.15) is 6.77 Å². The van der Waals surface area contributed by atoms with Gasteiger partial charge in [0, 0.05) is 61.4 Å². The molecule has 0 spiro atoms. The second-order valence-corrected chi connectivity index (χ2v) is 20.6. The molecule has 0 aromatic heterocycles. The van der Waals surface area contributed by atoms with Crippen LogP contribution in [0.3, 0.4) is 0 Å². The highest BCUT2D eigenvalue weighted by Gasteiger charge is 2.69. The number of nitrogens with zero attached hydrogens (tertiary/aromatic N) is 6. The molecule has 9 nitrogen and oxygen atoms in total. The molecule has 0 saturated carbocycles. The van der Waals surface area contributed by atoms with E-state index in [0.29, 0.717) is 6.61 Å². The van der Waals surface area contributed by atoms with Crippen molar-refractivity contribution >= 4 is 39.7 Å². The van der Waals surface area contributed by atoms with E-state index in [0.717, 1.165) is 31.4 Å². The smallest absolute Gasteiger partial charge is 0.345 e. The average molecular weight is 719 g/mol. The SMILES string of the molecule is CCOC(=O)[C@H]1C([P+]([S-])(N(C(C)C)C(C)C)N(C(C)C)C(C)C)=[NH+]N(C(P)(N(C(C)C)C(C)C)N(C(C)C)C(C)C)[C@@H]1N1CCCC1. The maximum atomic E-state index is 14.7. The van der Waals surface area contributed by atoms with E-state index >= 15 is 0 Å². The molecular formula is C35H74N7O2P2S+. The van der Waals surface area contributed by atoms with Crippen LogP contribution in [-0.2, 0) is 21.8 Å². The van der Waals surface area contributed by atoms with Gasteiger partial charge in [-0.3, -0.25) is 19.5 Å². The normalized spacial score (nSPS) is 20.7. The van der Waals surface area contributed by atoms with Crippen molar-refractivity contribution in [3.63, 3.8) is 0 Å². The van der Waals surface area contributed by atoms with Gasteiger partial charge in [0.2, 0.25) is 11.4 Å². The molecule has 2 aliphatic heterocycles. The third-order valence-electron chi connectivity index (χ3n) is 9.54. The Labute approximate surface area is 298 Å². The maximum Gasteiger partial charge on any atom is 0.345 e. The number of rotatable bonds is 17. The fraction of sp³-hybridized carbons (Fsp3) is 0.943. The fourth-order valence-corrected chi connectivity index (χ4v) is 17.0. The van der Waals surface area contributed by atoms with Gasteiger partial charge >= 0.3 is 11.4 Å². The lowest BCUT2D eigenvalue weighted by Crippen LogP contribution is -2.92. The van der Waals surface area contributed by atoms with Crippen LogP contribution in [0.5, 0.6) is 0 Å². The second kappa shape index (κ2) is 17.4.